The quantitative estimate of drug-likeness (QED) is 0.537. The van der Waals surface area contributed by atoms with E-state index in [9.17, 15) is 0 Å². The van der Waals surface area contributed by atoms with Crippen LogP contribution >= 0.6 is 0 Å². The van der Waals surface area contributed by atoms with Crippen molar-refractivity contribution < 1.29 is 9.31 Å². The van der Waals surface area contributed by atoms with Gasteiger partial charge in [-0.3, -0.25) is 0 Å². The predicted octanol–water partition coefficient (Wildman–Crippen LogP) is 3.97. The summed E-state index contributed by atoms with van der Waals surface area (Å²) in [4.78, 5) is 0. The zero-order chi connectivity index (χ0) is 14.9. The average Bonchev–Trinajstić information content (AvgIpc) is 2.55. The Balaban J connectivity index is 1.77. The SMILES string of the molecule is C=Cc1ccccc1COBOCc1ccccc1C=C. The Morgan fingerprint density at radius 2 is 1.19 bits per heavy atom. The molecular formula is C18H19BO2. The Kier molecular flexibility index (Phi) is 6.01. The van der Waals surface area contributed by atoms with Crippen molar-refractivity contribution in [3.05, 3.63) is 83.9 Å². The summed E-state index contributed by atoms with van der Waals surface area (Å²) in [7, 11) is 0.261. The number of rotatable bonds is 8. The summed E-state index contributed by atoms with van der Waals surface area (Å²) in [6, 6.07) is 16.1. The summed E-state index contributed by atoms with van der Waals surface area (Å²) in [6.45, 7) is 8.64. The second-order valence-electron chi connectivity index (χ2n) is 4.62. The van der Waals surface area contributed by atoms with E-state index >= 15 is 0 Å². The molecule has 0 heterocycles. The van der Waals surface area contributed by atoms with Crippen LogP contribution in [-0.2, 0) is 22.5 Å². The molecule has 106 valence electrons. The Morgan fingerprint density at radius 3 is 1.62 bits per heavy atom. The standard InChI is InChI=1S/C18H19BO2/c1-3-15-9-5-7-11-17(15)13-20-19-21-14-18-12-8-6-10-16(18)4-2/h3-12,19H,1-2,13-14H2. The first-order chi connectivity index (χ1) is 10.3. The third-order valence-corrected chi connectivity index (χ3v) is 3.23. The molecule has 0 saturated carbocycles. The van der Waals surface area contributed by atoms with Gasteiger partial charge in [-0.15, -0.1) is 0 Å². The van der Waals surface area contributed by atoms with Crippen LogP contribution in [0.4, 0.5) is 0 Å². The zero-order valence-corrected chi connectivity index (χ0v) is 12.1. The zero-order valence-electron chi connectivity index (χ0n) is 12.1. The first-order valence-electron chi connectivity index (χ1n) is 6.91. The molecule has 2 aromatic rings. The fourth-order valence-corrected chi connectivity index (χ4v) is 2.09. The highest BCUT2D eigenvalue weighted by Gasteiger charge is 2.02. The maximum atomic E-state index is 5.56. The minimum absolute atomic E-state index is 0.261. The van der Waals surface area contributed by atoms with Crippen molar-refractivity contribution in [2.75, 3.05) is 0 Å². The van der Waals surface area contributed by atoms with Crippen LogP contribution in [0.15, 0.2) is 61.7 Å². The Hall–Kier alpha value is -2.10. The van der Waals surface area contributed by atoms with Crippen molar-refractivity contribution in [1.82, 2.24) is 0 Å². The minimum Gasteiger partial charge on any atom is -0.410 e. The van der Waals surface area contributed by atoms with Crippen LogP contribution in [0.1, 0.15) is 22.3 Å². The van der Waals surface area contributed by atoms with E-state index in [0.29, 0.717) is 13.2 Å². The van der Waals surface area contributed by atoms with Gasteiger partial charge in [0.25, 0.3) is 0 Å². The van der Waals surface area contributed by atoms with Gasteiger partial charge in [0, 0.05) is 0 Å². The molecule has 21 heavy (non-hydrogen) atoms. The molecule has 0 N–H and O–H groups in total. The lowest BCUT2D eigenvalue weighted by Gasteiger charge is -2.09. The van der Waals surface area contributed by atoms with Gasteiger partial charge in [0.1, 0.15) is 0 Å². The summed E-state index contributed by atoms with van der Waals surface area (Å²) in [6.07, 6.45) is 3.67. The van der Waals surface area contributed by atoms with E-state index in [1.165, 1.54) is 0 Å². The van der Waals surface area contributed by atoms with E-state index in [1.807, 2.05) is 60.7 Å². The van der Waals surface area contributed by atoms with Crippen molar-refractivity contribution >= 4 is 19.8 Å². The fraction of sp³-hybridized carbons (Fsp3) is 0.111. The maximum absolute atomic E-state index is 5.56. The van der Waals surface area contributed by atoms with Crippen molar-refractivity contribution in [2.45, 2.75) is 13.2 Å². The molecule has 0 aliphatic carbocycles. The molecule has 0 radical (unpaired) electrons. The van der Waals surface area contributed by atoms with E-state index in [-0.39, 0.29) is 7.69 Å². The molecule has 0 atom stereocenters. The predicted molar refractivity (Wildman–Crippen MR) is 89.8 cm³/mol. The van der Waals surface area contributed by atoms with Crippen LogP contribution < -0.4 is 0 Å². The van der Waals surface area contributed by atoms with E-state index < -0.39 is 0 Å². The molecule has 0 spiro atoms. The highest BCUT2D eigenvalue weighted by Crippen LogP contribution is 2.12. The van der Waals surface area contributed by atoms with Gasteiger partial charge < -0.3 is 9.31 Å². The van der Waals surface area contributed by atoms with Gasteiger partial charge in [0.2, 0.25) is 0 Å². The maximum Gasteiger partial charge on any atom is 0.438 e. The Morgan fingerprint density at radius 1 is 0.762 bits per heavy atom. The minimum atomic E-state index is 0.261. The van der Waals surface area contributed by atoms with Gasteiger partial charge in [-0.05, 0) is 22.3 Å². The van der Waals surface area contributed by atoms with Crippen molar-refractivity contribution in [3.8, 4) is 0 Å². The van der Waals surface area contributed by atoms with Gasteiger partial charge in [0.05, 0.1) is 13.2 Å². The largest absolute Gasteiger partial charge is 0.438 e. The van der Waals surface area contributed by atoms with Crippen molar-refractivity contribution in [3.63, 3.8) is 0 Å². The van der Waals surface area contributed by atoms with E-state index in [2.05, 4.69) is 13.2 Å². The number of hydrogen-bond acceptors (Lipinski definition) is 2. The molecule has 0 amide bonds. The topological polar surface area (TPSA) is 18.5 Å². The molecule has 0 bridgehead atoms. The lowest BCUT2D eigenvalue weighted by molar-refractivity contribution is 0.207. The molecule has 0 aliphatic heterocycles. The van der Waals surface area contributed by atoms with Crippen molar-refractivity contribution in [1.29, 1.82) is 0 Å². The first-order valence-corrected chi connectivity index (χ1v) is 6.91. The molecule has 0 saturated heterocycles. The number of hydrogen-bond donors (Lipinski definition) is 0. The summed E-state index contributed by atoms with van der Waals surface area (Å²) in [5.41, 5.74) is 4.41. The van der Waals surface area contributed by atoms with Crippen LogP contribution in [0.2, 0.25) is 0 Å². The first kappa shape index (κ1) is 15.3. The normalized spacial score (nSPS) is 10.1. The van der Waals surface area contributed by atoms with Crippen LogP contribution in [0.25, 0.3) is 12.2 Å². The number of benzene rings is 2. The molecule has 2 rings (SSSR count). The molecule has 0 aliphatic rings. The molecule has 2 aromatic carbocycles. The fourth-order valence-electron chi connectivity index (χ4n) is 2.09. The third-order valence-electron chi connectivity index (χ3n) is 3.23. The van der Waals surface area contributed by atoms with Gasteiger partial charge >= 0.3 is 7.69 Å². The average molecular weight is 278 g/mol. The summed E-state index contributed by atoms with van der Waals surface area (Å²) < 4.78 is 11.1. The van der Waals surface area contributed by atoms with Gasteiger partial charge in [-0.25, -0.2) is 0 Å². The smallest absolute Gasteiger partial charge is 0.410 e. The van der Waals surface area contributed by atoms with Gasteiger partial charge in [-0.2, -0.15) is 0 Å². The Labute approximate surface area is 127 Å². The van der Waals surface area contributed by atoms with Crippen LogP contribution in [0.3, 0.4) is 0 Å². The molecule has 0 fully saturated rings. The molecule has 0 unspecified atom stereocenters. The highest BCUT2D eigenvalue weighted by molar-refractivity contribution is 6.17. The van der Waals surface area contributed by atoms with E-state index in [4.69, 9.17) is 9.31 Å². The second-order valence-corrected chi connectivity index (χ2v) is 4.62. The lowest BCUT2D eigenvalue weighted by Crippen LogP contribution is -2.06. The van der Waals surface area contributed by atoms with Crippen LogP contribution in [-0.4, -0.2) is 7.69 Å². The molecular weight excluding hydrogens is 259 g/mol. The van der Waals surface area contributed by atoms with Crippen LogP contribution in [0.5, 0.6) is 0 Å². The monoisotopic (exact) mass is 278 g/mol. The highest BCUT2D eigenvalue weighted by atomic mass is 16.6. The lowest BCUT2D eigenvalue weighted by atomic mass is 10.1. The summed E-state index contributed by atoms with van der Waals surface area (Å²) >= 11 is 0. The second kappa shape index (κ2) is 8.25. The molecule has 2 nitrogen and oxygen atoms in total. The summed E-state index contributed by atoms with van der Waals surface area (Å²) in [5, 5.41) is 0. The van der Waals surface area contributed by atoms with Crippen molar-refractivity contribution in [2.24, 2.45) is 0 Å². The van der Waals surface area contributed by atoms with Crippen LogP contribution in [0, 0.1) is 0 Å². The van der Waals surface area contributed by atoms with E-state index in [1.54, 1.807) is 0 Å². The molecule has 0 aromatic heterocycles. The van der Waals surface area contributed by atoms with E-state index in [0.717, 1.165) is 22.3 Å². The third kappa shape index (κ3) is 4.45. The molecule has 3 heteroatoms. The summed E-state index contributed by atoms with van der Waals surface area (Å²) in [5.74, 6) is 0. The Bertz CT molecular complexity index is 554. The van der Waals surface area contributed by atoms with Gasteiger partial charge in [-0.1, -0.05) is 73.8 Å². The van der Waals surface area contributed by atoms with Gasteiger partial charge in [0.15, 0.2) is 0 Å².